The van der Waals surface area contributed by atoms with Gasteiger partial charge in [-0.1, -0.05) is 23.8 Å². The van der Waals surface area contributed by atoms with Crippen LogP contribution in [0.4, 0.5) is 0 Å². The van der Waals surface area contributed by atoms with Crippen molar-refractivity contribution in [2.45, 2.75) is 39.7 Å². The molecule has 3 rings (SSSR count). The van der Waals surface area contributed by atoms with Crippen molar-refractivity contribution in [2.24, 2.45) is 0 Å². The summed E-state index contributed by atoms with van der Waals surface area (Å²) >= 11 is 0. The first-order chi connectivity index (χ1) is 12.3. The number of amides is 3. The molecule has 1 aromatic carbocycles. The number of rotatable bonds is 3. The predicted octanol–water partition coefficient (Wildman–Crippen LogP) is 2.21. The van der Waals surface area contributed by atoms with Gasteiger partial charge in [0.25, 0.3) is 5.91 Å². The summed E-state index contributed by atoms with van der Waals surface area (Å²) in [6, 6.07) is 8.98. The van der Waals surface area contributed by atoms with Gasteiger partial charge in [0, 0.05) is 12.0 Å². The van der Waals surface area contributed by atoms with Crippen LogP contribution >= 0.6 is 0 Å². The van der Waals surface area contributed by atoms with Gasteiger partial charge in [-0.15, -0.1) is 0 Å². The summed E-state index contributed by atoms with van der Waals surface area (Å²) in [7, 11) is 0. The van der Waals surface area contributed by atoms with Gasteiger partial charge in [0.1, 0.15) is 6.04 Å². The number of imide groups is 1. The number of benzene rings is 1. The molecule has 6 heteroatoms. The van der Waals surface area contributed by atoms with E-state index in [1.807, 2.05) is 32.0 Å². The fourth-order valence-corrected chi connectivity index (χ4v) is 3.12. The molecule has 3 amide bonds. The Bertz CT molecular complexity index is 905. The molecule has 0 spiro atoms. The molecule has 134 valence electrons. The van der Waals surface area contributed by atoms with Gasteiger partial charge in [0.05, 0.1) is 17.0 Å². The first kappa shape index (κ1) is 17.8. The smallest absolute Gasteiger partial charge is 0.253 e. The Morgan fingerprint density at radius 3 is 2.58 bits per heavy atom. The van der Waals surface area contributed by atoms with Crippen LogP contribution in [0, 0.1) is 20.8 Å². The van der Waals surface area contributed by atoms with Gasteiger partial charge in [0.2, 0.25) is 11.8 Å². The third kappa shape index (κ3) is 3.64. The lowest BCUT2D eigenvalue weighted by molar-refractivity contribution is -0.134. The highest BCUT2D eigenvalue weighted by atomic mass is 16.2. The Morgan fingerprint density at radius 1 is 1.15 bits per heavy atom. The van der Waals surface area contributed by atoms with Crippen LogP contribution in [0.2, 0.25) is 0 Å². The fraction of sp³-hybridized carbons (Fsp3) is 0.300. The van der Waals surface area contributed by atoms with Gasteiger partial charge < -0.3 is 5.32 Å². The minimum Gasteiger partial charge on any atom is -0.340 e. The van der Waals surface area contributed by atoms with Crippen molar-refractivity contribution in [3.05, 3.63) is 52.7 Å². The number of aryl methyl sites for hydroxylation is 3. The summed E-state index contributed by atoms with van der Waals surface area (Å²) in [6.07, 6.45) is 0.531. The van der Waals surface area contributed by atoms with Gasteiger partial charge in [0.15, 0.2) is 0 Å². The normalized spacial score (nSPS) is 17.0. The van der Waals surface area contributed by atoms with Crippen LogP contribution in [0.15, 0.2) is 30.3 Å². The topological polar surface area (TPSA) is 88.2 Å². The van der Waals surface area contributed by atoms with Gasteiger partial charge in [-0.2, -0.15) is 0 Å². The molecule has 1 saturated heterocycles. The minimum atomic E-state index is -0.696. The monoisotopic (exact) mass is 351 g/mol. The number of hydrogen-bond donors (Lipinski definition) is 2. The largest absolute Gasteiger partial charge is 0.340 e. The van der Waals surface area contributed by atoms with E-state index in [-0.39, 0.29) is 18.2 Å². The van der Waals surface area contributed by atoms with Gasteiger partial charge >= 0.3 is 0 Å². The average molecular weight is 351 g/mol. The summed E-state index contributed by atoms with van der Waals surface area (Å²) in [6.45, 7) is 5.84. The number of carbonyl (C=O) groups excluding carboxylic acids is 3. The zero-order chi connectivity index (χ0) is 18.8. The number of pyridine rings is 1. The van der Waals surface area contributed by atoms with Crippen LogP contribution < -0.4 is 10.6 Å². The molecule has 0 radical (unpaired) electrons. The minimum absolute atomic E-state index is 0.222. The first-order valence-electron chi connectivity index (χ1n) is 8.55. The second kappa shape index (κ2) is 7.07. The Balaban J connectivity index is 1.80. The Labute approximate surface area is 152 Å². The molecule has 0 aliphatic carbocycles. The van der Waals surface area contributed by atoms with E-state index in [2.05, 4.69) is 21.7 Å². The molecule has 0 bridgehead atoms. The summed E-state index contributed by atoms with van der Waals surface area (Å²) in [5, 5.41) is 4.92. The van der Waals surface area contributed by atoms with Crippen LogP contribution in [0.1, 0.15) is 40.0 Å². The van der Waals surface area contributed by atoms with E-state index in [0.29, 0.717) is 17.7 Å². The third-order valence-corrected chi connectivity index (χ3v) is 4.53. The van der Waals surface area contributed by atoms with Crippen molar-refractivity contribution in [3.63, 3.8) is 0 Å². The molecule has 1 aliphatic rings. The van der Waals surface area contributed by atoms with Gasteiger partial charge in [-0.05, 0) is 44.9 Å². The maximum atomic E-state index is 12.5. The van der Waals surface area contributed by atoms with Crippen LogP contribution in [-0.2, 0) is 9.59 Å². The lowest BCUT2D eigenvalue weighted by Crippen LogP contribution is -2.52. The van der Waals surface area contributed by atoms with E-state index in [0.717, 1.165) is 16.8 Å². The number of piperidine rings is 1. The van der Waals surface area contributed by atoms with Crippen molar-refractivity contribution in [3.8, 4) is 11.3 Å². The summed E-state index contributed by atoms with van der Waals surface area (Å²) < 4.78 is 0. The lowest BCUT2D eigenvalue weighted by atomic mass is 10.0. The number of aromatic nitrogens is 1. The highest BCUT2D eigenvalue weighted by Gasteiger charge is 2.28. The lowest BCUT2D eigenvalue weighted by Gasteiger charge is -2.22. The van der Waals surface area contributed by atoms with Gasteiger partial charge in [-0.25, -0.2) is 0 Å². The van der Waals surface area contributed by atoms with Gasteiger partial charge in [-0.3, -0.25) is 24.7 Å². The molecule has 1 aromatic heterocycles. The van der Waals surface area contributed by atoms with E-state index in [1.54, 1.807) is 13.0 Å². The molecule has 1 unspecified atom stereocenters. The quantitative estimate of drug-likeness (QED) is 0.830. The van der Waals surface area contributed by atoms with Crippen LogP contribution in [0.3, 0.4) is 0 Å². The number of hydrogen-bond acceptors (Lipinski definition) is 4. The molecule has 1 aliphatic heterocycles. The molecule has 26 heavy (non-hydrogen) atoms. The standard InChI is InChI=1S/C20H21N3O3/c1-11-4-5-14(12(2)10-11)16-7-6-15(13(3)21-16)19(25)22-17-8-9-18(24)23-20(17)26/h4-7,10,17H,8-9H2,1-3H3,(H,22,25)(H,23,24,26). The molecule has 2 N–H and O–H groups in total. The summed E-state index contributed by atoms with van der Waals surface area (Å²) in [5.74, 6) is -1.14. The molecule has 0 saturated carbocycles. The highest BCUT2D eigenvalue weighted by molar-refractivity contribution is 6.04. The average Bonchev–Trinajstić information content (AvgIpc) is 2.57. The second-order valence-electron chi connectivity index (χ2n) is 6.62. The van der Waals surface area contributed by atoms with Crippen LogP contribution in [0.5, 0.6) is 0 Å². The van der Waals surface area contributed by atoms with Crippen molar-refractivity contribution >= 4 is 17.7 Å². The van der Waals surface area contributed by atoms with E-state index >= 15 is 0 Å². The Kier molecular flexibility index (Phi) is 4.84. The molecule has 6 nitrogen and oxygen atoms in total. The van der Waals surface area contributed by atoms with E-state index in [1.165, 1.54) is 5.56 Å². The summed E-state index contributed by atoms with van der Waals surface area (Å²) in [5.41, 5.74) is 5.14. The fourth-order valence-electron chi connectivity index (χ4n) is 3.12. The van der Waals surface area contributed by atoms with Crippen molar-refractivity contribution in [1.29, 1.82) is 0 Å². The molecule has 1 atom stereocenters. The number of nitrogens with one attached hydrogen (secondary N) is 2. The molecule has 2 aromatic rings. The van der Waals surface area contributed by atoms with E-state index in [9.17, 15) is 14.4 Å². The first-order valence-corrected chi connectivity index (χ1v) is 8.55. The number of carbonyl (C=O) groups is 3. The van der Waals surface area contributed by atoms with Crippen LogP contribution in [-0.4, -0.2) is 28.7 Å². The maximum Gasteiger partial charge on any atom is 0.253 e. The zero-order valence-electron chi connectivity index (χ0n) is 15.1. The molecule has 2 heterocycles. The second-order valence-corrected chi connectivity index (χ2v) is 6.62. The van der Waals surface area contributed by atoms with Crippen molar-refractivity contribution in [1.82, 2.24) is 15.6 Å². The molecular weight excluding hydrogens is 330 g/mol. The number of nitrogens with zero attached hydrogens (tertiary/aromatic N) is 1. The van der Waals surface area contributed by atoms with E-state index < -0.39 is 11.9 Å². The SMILES string of the molecule is Cc1ccc(-c2ccc(C(=O)NC3CCC(=O)NC3=O)c(C)n2)c(C)c1. The van der Waals surface area contributed by atoms with Crippen molar-refractivity contribution in [2.75, 3.05) is 0 Å². The van der Waals surface area contributed by atoms with Crippen molar-refractivity contribution < 1.29 is 14.4 Å². The molecular formula is C20H21N3O3. The Morgan fingerprint density at radius 2 is 1.92 bits per heavy atom. The summed E-state index contributed by atoms with van der Waals surface area (Å²) in [4.78, 5) is 40.1. The predicted molar refractivity (Wildman–Crippen MR) is 97.5 cm³/mol. The maximum absolute atomic E-state index is 12.5. The van der Waals surface area contributed by atoms with Crippen LogP contribution in [0.25, 0.3) is 11.3 Å². The third-order valence-electron chi connectivity index (χ3n) is 4.53. The molecule has 1 fully saturated rings. The Hall–Kier alpha value is -3.02. The zero-order valence-corrected chi connectivity index (χ0v) is 15.1. The van der Waals surface area contributed by atoms with E-state index in [4.69, 9.17) is 0 Å². The highest BCUT2D eigenvalue weighted by Crippen LogP contribution is 2.23.